The zero-order valence-corrected chi connectivity index (χ0v) is 10.9. The average molecular weight is 282 g/mol. The van der Waals surface area contributed by atoms with E-state index in [0.717, 1.165) is 22.8 Å². The van der Waals surface area contributed by atoms with Gasteiger partial charge in [-0.2, -0.15) is 0 Å². The minimum Gasteiger partial charge on any atom is -0.477 e. The summed E-state index contributed by atoms with van der Waals surface area (Å²) >= 11 is 1.51. The second-order valence-electron chi connectivity index (χ2n) is 3.77. The van der Waals surface area contributed by atoms with Crippen molar-refractivity contribution < 1.29 is 19.0 Å². The molecule has 0 saturated heterocycles. The van der Waals surface area contributed by atoms with Gasteiger partial charge in [0.1, 0.15) is 11.4 Å². The van der Waals surface area contributed by atoms with Crippen molar-refractivity contribution in [2.24, 2.45) is 0 Å². The van der Waals surface area contributed by atoms with E-state index < -0.39 is 11.8 Å². The van der Waals surface area contributed by atoms with Gasteiger partial charge in [-0.15, -0.1) is 11.3 Å². The Balaban J connectivity index is 2.03. The van der Waals surface area contributed by atoms with E-state index >= 15 is 0 Å². The Morgan fingerprint density at radius 3 is 2.95 bits per heavy atom. The van der Waals surface area contributed by atoms with Crippen LogP contribution in [0.15, 0.2) is 17.8 Å². The summed E-state index contributed by atoms with van der Waals surface area (Å²) in [5, 5.41) is 8.92. The molecule has 5 nitrogen and oxygen atoms in total. The lowest BCUT2D eigenvalue weighted by molar-refractivity contribution is 0.0690. The molecule has 0 amide bonds. The van der Waals surface area contributed by atoms with Crippen molar-refractivity contribution in [2.45, 2.75) is 13.3 Å². The number of nitrogens with zero attached hydrogens (tertiary/aromatic N) is 2. The number of carboxylic acid groups (broad SMARTS) is 1. The number of hydrogen-bond acceptors (Lipinski definition) is 5. The SMILES string of the molecule is Cc1ncsc1CCOc1ncc(F)cc1C(=O)O. The van der Waals surface area contributed by atoms with Crippen LogP contribution in [0.25, 0.3) is 0 Å². The number of rotatable bonds is 5. The van der Waals surface area contributed by atoms with E-state index in [9.17, 15) is 9.18 Å². The molecule has 0 unspecified atom stereocenters. The summed E-state index contributed by atoms with van der Waals surface area (Å²) in [5.41, 5.74) is 2.39. The van der Waals surface area contributed by atoms with Crippen LogP contribution in [0.3, 0.4) is 0 Å². The zero-order chi connectivity index (χ0) is 13.8. The predicted molar refractivity (Wildman–Crippen MR) is 67.2 cm³/mol. The molecule has 0 aliphatic heterocycles. The van der Waals surface area contributed by atoms with Gasteiger partial charge in [-0.1, -0.05) is 0 Å². The van der Waals surface area contributed by atoms with E-state index in [-0.39, 0.29) is 18.1 Å². The largest absolute Gasteiger partial charge is 0.477 e. The third-order valence-electron chi connectivity index (χ3n) is 2.46. The summed E-state index contributed by atoms with van der Waals surface area (Å²) in [5.74, 6) is -2.05. The molecule has 0 aliphatic rings. The molecule has 0 aliphatic carbocycles. The lowest BCUT2D eigenvalue weighted by Gasteiger charge is -2.07. The minimum absolute atomic E-state index is 0.0731. The monoisotopic (exact) mass is 282 g/mol. The third-order valence-corrected chi connectivity index (χ3v) is 3.46. The second-order valence-corrected chi connectivity index (χ2v) is 4.71. The fourth-order valence-electron chi connectivity index (χ4n) is 1.50. The Morgan fingerprint density at radius 2 is 2.32 bits per heavy atom. The van der Waals surface area contributed by atoms with E-state index in [1.165, 1.54) is 11.3 Å². The molecular weight excluding hydrogens is 271 g/mol. The first-order chi connectivity index (χ1) is 9.08. The van der Waals surface area contributed by atoms with E-state index in [1.54, 1.807) is 5.51 Å². The molecular formula is C12H11FN2O3S. The molecule has 2 aromatic rings. The fraction of sp³-hybridized carbons (Fsp3) is 0.250. The molecule has 0 saturated carbocycles. The fourth-order valence-corrected chi connectivity index (χ4v) is 2.26. The van der Waals surface area contributed by atoms with Crippen molar-refractivity contribution >= 4 is 17.3 Å². The highest BCUT2D eigenvalue weighted by Crippen LogP contribution is 2.18. The molecule has 1 N–H and O–H groups in total. The van der Waals surface area contributed by atoms with Gasteiger partial charge in [-0.3, -0.25) is 0 Å². The highest BCUT2D eigenvalue weighted by atomic mass is 32.1. The summed E-state index contributed by atoms with van der Waals surface area (Å²) < 4.78 is 18.2. The van der Waals surface area contributed by atoms with Crippen LogP contribution < -0.4 is 4.74 Å². The first-order valence-corrected chi connectivity index (χ1v) is 6.36. The Morgan fingerprint density at radius 1 is 1.53 bits per heavy atom. The lowest BCUT2D eigenvalue weighted by atomic mass is 10.2. The van der Waals surface area contributed by atoms with Gasteiger partial charge < -0.3 is 9.84 Å². The summed E-state index contributed by atoms with van der Waals surface area (Å²) in [6, 6.07) is 0.891. The highest BCUT2D eigenvalue weighted by molar-refractivity contribution is 7.09. The van der Waals surface area contributed by atoms with Gasteiger partial charge in [-0.25, -0.2) is 19.2 Å². The molecule has 0 atom stereocenters. The van der Waals surface area contributed by atoms with Crippen molar-refractivity contribution in [3.63, 3.8) is 0 Å². The number of halogens is 1. The molecule has 100 valence electrons. The van der Waals surface area contributed by atoms with Gasteiger partial charge in [0, 0.05) is 11.3 Å². The van der Waals surface area contributed by atoms with Gasteiger partial charge in [0.2, 0.25) is 5.88 Å². The molecule has 19 heavy (non-hydrogen) atoms. The van der Waals surface area contributed by atoms with E-state index in [0.29, 0.717) is 6.42 Å². The Hall–Kier alpha value is -2.02. The molecule has 0 spiro atoms. The number of carbonyl (C=O) groups is 1. The van der Waals surface area contributed by atoms with Crippen LogP contribution in [0.4, 0.5) is 4.39 Å². The molecule has 7 heteroatoms. The van der Waals surface area contributed by atoms with Crippen LogP contribution in [0, 0.1) is 12.7 Å². The van der Waals surface area contributed by atoms with Crippen molar-refractivity contribution in [2.75, 3.05) is 6.61 Å². The minimum atomic E-state index is -1.27. The van der Waals surface area contributed by atoms with Gasteiger partial charge in [0.05, 0.1) is 24.0 Å². The number of thiazole rings is 1. The first kappa shape index (κ1) is 13.4. The Labute approximate surface area is 112 Å². The average Bonchev–Trinajstić information content (AvgIpc) is 2.77. The van der Waals surface area contributed by atoms with Crippen molar-refractivity contribution in [3.05, 3.63) is 39.7 Å². The number of aromatic carboxylic acids is 1. The molecule has 2 rings (SSSR count). The lowest BCUT2D eigenvalue weighted by Crippen LogP contribution is -2.08. The number of aromatic nitrogens is 2. The first-order valence-electron chi connectivity index (χ1n) is 5.48. The van der Waals surface area contributed by atoms with Crippen LogP contribution in [0.5, 0.6) is 5.88 Å². The van der Waals surface area contributed by atoms with Crippen molar-refractivity contribution in [1.82, 2.24) is 9.97 Å². The van der Waals surface area contributed by atoms with Gasteiger partial charge in [0.25, 0.3) is 0 Å². The van der Waals surface area contributed by atoms with Crippen LogP contribution in [-0.2, 0) is 6.42 Å². The van der Waals surface area contributed by atoms with Gasteiger partial charge in [0.15, 0.2) is 0 Å². The van der Waals surface area contributed by atoms with Crippen LogP contribution in [-0.4, -0.2) is 27.7 Å². The topological polar surface area (TPSA) is 72.3 Å². The standard InChI is InChI=1S/C12H11FN2O3S/c1-7-10(19-6-15-7)2-3-18-11-9(12(16)17)4-8(13)5-14-11/h4-6H,2-3H2,1H3,(H,16,17). The number of aryl methyl sites for hydroxylation is 1. The van der Waals surface area contributed by atoms with Crippen LogP contribution >= 0.6 is 11.3 Å². The summed E-state index contributed by atoms with van der Waals surface area (Å²) in [7, 11) is 0. The van der Waals surface area contributed by atoms with Crippen LogP contribution in [0.1, 0.15) is 20.9 Å². The predicted octanol–water partition coefficient (Wildman–Crippen LogP) is 2.31. The number of hydrogen-bond donors (Lipinski definition) is 1. The molecule has 0 radical (unpaired) electrons. The Kier molecular flexibility index (Phi) is 4.06. The van der Waals surface area contributed by atoms with Crippen molar-refractivity contribution in [1.29, 1.82) is 0 Å². The van der Waals surface area contributed by atoms with Crippen LogP contribution in [0.2, 0.25) is 0 Å². The maximum absolute atomic E-state index is 12.9. The molecule has 0 fully saturated rings. The van der Waals surface area contributed by atoms with E-state index in [2.05, 4.69) is 9.97 Å². The summed E-state index contributed by atoms with van der Waals surface area (Å²) in [6.07, 6.45) is 1.54. The van der Waals surface area contributed by atoms with Gasteiger partial charge in [-0.05, 0) is 13.0 Å². The summed E-state index contributed by atoms with van der Waals surface area (Å²) in [6.45, 7) is 2.16. The summed E-state index contributed by atoms with van der Waals surface area (Å²) in [4.78, 5) is 19.7. The number of carboxylic acids is 1. The zero-order valence-electron chi connectivity index (χ0n) is 10.1. The quantitative estimate of drug-likeness (QED) is 0.911. The highest BCUT2D eigenvalue weighted by Gasteiger charge is 2.14. The number of pyridine rings is 1. The normalized spacial score (nSPS) is 10.4. The van der Waals surface area contributed by atoms with Gasteiger partial charge >= 0.3 is 5.97 Å². The molecule has 2 heterocycles. The maximum atomic E-state index is 12.9. The third kappa shape index (κ3) is 3.25. The number of ether oxygens (including phenoxy) is 1. The molecule has 0 aromatic carbocycles. The Bertz CT molecular complexity index is 600. The second kappa shape index (κ2) is 5.75. The maximum Gasteiger partial charge on any atom is 0.341 e. The molecule has 0 bridgehead atoms. The van der Waals surface area contributed by atoms with E-state index in [4.69, 9.17) is 9.84 Å². The van der Waals surface area contributed by atoms with Crippen molar-refractivity contribution in [3.8, 4) is 5.88 Å². The molecule has 2 aromatic heterocycles. The van der Waals surface area contributed by atoms with E-state index in [1.807, 2.05) is 6.92 Å². The smallest absolute Gasteiger partial charge is 0.341 e.